The summed E-state index contributed by atoms with van der Waals surface area (Å²) in [5, 5.41) is 0. The summed E-state index contributed by atoms with van der Waals surface area (Å²) in [4.78, 5) is 15.0. The highest BCUT2D eigenvalue weighted by Crippen LogP contribution is 2.19. The summed E-state index contributed by atoms with van der Waals surface area (Å²) in [5.74, 6) is 0.741. The Morgan fingerprint density at radius 2 is 2.10 bits per heavy atom. The molecule has 0 amide bonds. The molecule has 0 spiro atoms. The largest absolute Gasteiger partial charge is 0.294 e. The third-order valence-electron chi connectivity index (χ3n) is 3.60. The first-order chi connectivity index (χ1) is 9.75. The predicted octanol–water partition coefficient (Wildman–Crippen LogP) is 2.32. The van der Waals surface area contributed by atoms with Gasteiger partial charge in [0.2, 0.25) is 5.78 Å². The van der Waals surface area contributed by atoms with Crippen molar-refractivity contribution in [2.75, 3.05) is 7.05 Å². The van der Waals surface area contributed by atoms with Crippen molar-refractivity contribution in [3.63, 3.8) is 0 Å². The van der Waals surface area contributed by atoms with Crippen molar-refractivity contribution < 1.29 is 0 Å². The second kappa shape index (κ2) is 5.38. The van der Waals surface area contributed by atoms with E-state index in [0.29, 0.717) is 6.04 Å². The van der Waals surface area contributed by atoms with E-state index in [1.165, 1.54) is 5.56 Å². The molecule has 0 radical (unpaired) electrons. The maximum Gasteiger partial charge on any atom is 0.233 e. The Kier molecular flexibility index (Phi) is 3.43. The molecule has 3 aromatic heterocycles. The van der Waals surface area contributed by atoms with Gasteiger partial charge in [0.1, 0.15) is 0 Å². The van der Waals surface area contributed by atoms with Crippen LogP contribution in [0.15, 0.2) is 49.2 Å². The van der Waals surface area contributed by atoms with Crippen molar-refractivity contribution in [3.05, 3.63) is 60.4 Å². The summed E-state index contributed by atoms with van der Waals surface area (Å²) >= 11 is 0. The van der Waals surface area contributed by atoms with Crippen molar-refractivity contribution >= 4 is 5.78 Å². The molecule has 3 heterocycles. The molecule has 3 aromatic rings. The number of pyridine rings is 1. The highest BCUT2D eigenvalue weighted by atomic mass is 15.2. The maximum atomic E-state index is 4.32. The minimum absolute atomic E-state index is 0.297. The molecule has 0 unspecified atom stereocenters. The van der Waals surface area contributed by atoms with Gasteiger partial charge < -0.3 is 0 Å². The van der Waals surface area contributed by atoms with E-state index in [4.69, 9.17) is 0 Å². The fourth-order valence-corrected chi connectivity index (χ4v) is 2.26. The molecule has 20 heavy (non-hydrogen) atoms. The zero-order valence-corrected chi connectivity index (χ0v) is 11.6. The van der Waals surface area contributed by atoms with Crippen LogP contribution in [-0.2, 0) is 6.54 Å². The molecule has 5 nitrogen and oxygen atoms in total. The highest BCUT2D eigenvalue weighted by Gasteiger charge is 2.14. The highest BCUT2D eigenvalue weighted by molar-refractivity contribution is 5.30. The first-order valence-electron chi connectivity index (χ1n) is 6.63. The van der Waals surface area contributed by atoms with E-state index < -0.39 is 0 Å². The molecule has 0 aromatic carbocycles. The van der Waals surface area contributed by atoms with Gasteiger partial charge in [0.05, 0.1) is 11.9 Å². The fourth-order valence-electron chi connectivity index (χ4n) is 2.26. The van der Waals surface area contributed by atoms with Crippen molar-refractivity contribution in [3.8, 4) is 0 Å². The van der Waals surface area contributed by atoms with Gasteiger partial charge in [-0.1, -0.05) is 6.07 Å². The average Bonchev–Trinajstić information content (AvgIpc) is 2.91. The van der Waals surface area contributed by atoms with Crippen LogP contribution in [-0.4, -0.2) is 31.3 Å². The van der Waals surface area contributed by atoms with Crippen LogP contribution in [0, 0.1) is 0 Å². The molecule has 0 saturated carbocycles. The Morgan fingerprint density at radius 3 is 2.90 bits per heavy atom. The van der Waals surface area contributed by atoms with Gasteiger partial charge in [-0.15, -0.1) is 0 Å². The zero-order valence-electron chi connectivity index (χ0n) is 11.6. The number of nitrogens with zero attached hydrogens (tertiary/aromatic N) is 5. The summed E-state index contributed by atoms with van der Waals surface area (Å²) in [6.07, 6.45) is 9.35. The molecule has 1 atom stereocenters. The lowest BCUT2D eigenvalue weighted by atomic mass is 10.1. The maximum absolute atomic E-state index is 4.32. The van der Waals surface area contributed by atoms with Crippen molar-refractivity contribution in [2.24, 2.45) is 0 Å². The molecule has 0 aliphatic carbocycles. The smallest absolute Gasteiger partial charge is 0.233 e. The molecular weight excluding hydrogens is 250 g/mol. The van der Waals surface area contributed by atoms with Crippen LogP contribution in [0.1, 0.15) is 24.2 Å². The van der Waals surface area contributed by atoms with Crippen LogP contribution in [0.25, 0.3) is 5.78 Å². The van der Waals surface area contributed by atoms with E-state index in [1.54, 1.807) is 12.4 Å². The second-order valence-corrected chi connectivity index (χ2v) is 4.92. The molecule has 0 bridgehead atoms. The summed E-state index contributed by atoms with van der Waals surface area (Å²) in [7, 11) is 2.10. The van der Waals surface area contributed by atoms with E-state index in [0.717, 1.165) is 18.0 Å². The number of fused-ring (bicyclic) bond motifs is 1. The third kappa shape index (κ3) is 2.40. The number of hydrogen-bond donors (Lipinski definition) is 0. The van der Waals surface area contributed by atoms with Gasteiger partial charge in [-0.2, -0.15) is 0 Å². The minimum atomic E-state index is 0.297. The SMILES string of the molecule is C[C@@H](c1cccnc1)N(C)Cc1cnc2ncccn12. The summed E-state index contributed by atoms with van der Waals surface area (Å²) in [6.45, 7) is 2.99. The molecule has 0 N–H and O–H groups in total. The fraction of sp³-hybridized carbons (Fsp3) is 0.267. The lowest BCUT2D eigenvalue weighted by molar-refractivity contribution is 0.249. The molecule has 5 heteroatoms. The van der Waals surface area contributed by atoms with Crippen LogP contribution >= 0.6 is 0 Å². The molecule has 0 aliphatic rings. The van der Waals surface area contributed by atoms with Gasteiger partial charge in [-0.05, 0) is 31.7 Å². The van der Waals surface area contributed by atoms with Crippen molar-refractivity contribution in [2.45, 2.75) is 19.5 Å². The number of rotatable bonds is 4. The van der Waals surface area contributed by atoms with Gasteiger partial charge in [0.15, 0.2) is 0 Å². The van der Waals surface area contributed by atoms with Gasteiger partial charge in [-0.3, -0.25) is 14.3 Å². The van der Waals surface area contributed by atoms with Gasteiger partial charge in [0.25, 0.3) is 0 Å². The third-order valence-corrected chi connectivity index (χ3v) is 3.60. The van der Waals surface area contributed by atoms with E-state index in [-0.39, 0.29) is 0 Å². The minimum Gasteiger partial charge on any atom is -0.294 e. The van der Waals surface area contributed by atoms with Crippen molar-refractivity contribution in [1.29, 1.82) is 0 Å². The first kappa shape index (κ1) is 12.7. The Hall–Kier alpha value is -2.27. The molecule has 0 saturated heterocycles. The van der Waals surface area contributed by atoms with Crippen LogP contribution < -0.4 is 0 Å². The lowest BCUT2D eigenvalue weighted by Crippen LogP contribution is -2.22. The molecular formula is C15H17N5. The number of hydrogen-bond acceptors (Lipinski definition) is 4. The van der Waals surface area contributed by atoms with Crippen molar-refractivity contribution in [1.82, 2.24) is 24.3 Å². The van der Waals surface area contributed by atoms with E-state index in [2.05, 4.69) is 39.9 Å². The van der Waals surface area contributed by atoms with Gasteiger partial charge >= 0.3 is 0 Å². The summed E-state index contributed by atoms with van der Waals surface area (Å²) in [6, 6.07) is 6.29. The van der Waals surface area contributed by atoms with Crippen LogP contribution in [0.5, 0.6) is 0 Å². The predicted molar refractivity (Wildman–Crippen MR) is 77.1 cm³/mol. The summed E-state index contributed by atoms with van der Waals surface area (Å²) in [5.41, 5.74) is 2.34. The number of aromatic nitrogens is 4. The number of imidazole rings is 1. The molecule has 0 aliphatic heterocycles. The first-order valence-corrected chi connectivity index (χ1v) is 6.63. The molecule has 3 rings (SSSR count). The van der Waals surface area contributed by atoms with Crippen LogP contribution in [0.2, 0.25) is 0 Å². The molecule has 0 fully saturated rings. The lowest BCUT2D eigenvalue weighted by Gasteiger charge is -2.24. The van der Waals surface area contributed by atoms with E-state index in [1.807, 2.05) is 35.1 Å². The summed E-state index contributed by atoms with van der Waals surface area (Å²) < 4.78 is 2.02. The zero-order chi connectivity index (χ0) is 13.9. The van der Waals surface area contributed by atoms with E-state index in [9.17, 15) is 0 Å². The molecule has 102 valence electrons. The Bertz CT molecular complexity index is 692. The van der Waals surface area contributed by atoms with Crippen LogP contribution in [0.4, 0.5) is 0 Å². The Morgan fingerprint density at radius 1 is 1.20 bits per heavy atom. The second-order valence-electron chi connectivity index (χ2n) is 4.92. The Labute approximate surface area is 117 Å². The van der Waals surface area contributed by atoms with E-state index >= 15 is 0 Å². The average molecular weight is 267 g/mol. The van der Waals surface area contributed by atoms with Gasteiger partial charge in [0, 0.05) is 37.4 Å². The topological polar surface area (TPSA) is 46.3 Å². The normalized spacial score (nSPS) is 12.9. The monoisotopic (exact) mass is 267 g/mol. The van der Waals surface area contributed by atoms with Gasteiger partial charge in [-0.25, -0.2) is 9.97 Å². The van der Waals surface area contributed by atoms with Crippen LogP contribution in [0.3, 0.4) is 0 Å². The standard InChI is InChI=1S/C15H17N5/c1-12(13-5-3-6-16-9-13)19(2)11-14-10-18-15-17-7-4-8-20(14)15/h3-10,12H,11H2,1-2H3/t12-/m0/s1. The quantitative estimate of drug-likeness (QED) is 0.728. The Balaban J connectivity index is 1.80.